The van der Waals surface area contributed by atoms with Crippen molar-refractivity contribution >= 4 is 5.97 Å². The van der Waals surface area contributed by atoms with Gasteiger partial charge in [-0.25, -0.2) is 0 Å². The number of esters is 1. The van der Waals surface area contributed by atoms with Crippen molar-refractivity contribution < 1.29 is 24.9 Å². The zero-order chi connectivity index (χ0) is 12.6. The minimum Gasteiger partial charge on any atom is -0.433 e. The SMILES string of the molecule is CCCCC1(O)OC(=O)C2C(O)C(O)CCC21. The summed E-state index contributed by atoms with van der Waals surface area (Å²) < 4.78 is 5.06. The van der Waals surface area contributed by atoms with Crippen LogP contribution in [0.15, 0.2) is 0 Å². The Morgan fingerprint density at radius 3 is 2.76 bits per heavy atom. The molecule has 5 nitrogen and oxygen atoms in total. The summed E-state index contributed by atoms with van der Waals surface area (Å²) in [5.41, 5.74) is 0. The van der Waals surface area contributed by atoms with Crippen LogP contribution in [0, 0.1) is 11.8 Å². The van der Waals surface area contributed by atoms with Gasteiger partial charge in [-0.15, -0.1) is 0 Å². The molecule has 0 aromatic heterocycles. The summed E-state index contributed by atoms with van der Waals surface area (Å²) in [6.45, 7) is 2.00. The summed E-state index contributed by atoms with van der Waals surface area (Å²) in [6, 6.07) is 0. The van der Waals surface area contributed by atoms with Gasteiger partial charge in [0.25, 0.3) is 0 Å². The third kappa shape index (κ3) is 2.07. The monoisotopic (exact) mass is 244 g/mol. The molecule has 0 amide bonds. The molecule has 5 heteroatoms. The number of aliphatic hydroxyl groups excluding tert-OH is 2. The molecule has 17 heavy (non-hydrogen) atoms. The number of fused-ring (bicyclic) bond motifs is 1. The van der Waals surface area contributed by atoms with E-state index < -0.39 is 29.9 Å². The number of cyclic esters (lactones) is 1. The number of rotatable bonds is 3. The van der Waals surface area contributed by atoms with Crippen molar-refractivity contribution in [2.75, 3.05) is 0 Å². The van der Waals surface area contributed by atoms with Crippen LogP contribution in [-0.2, 0) is 9.53 Å². The van der Waals surface area contributed by atoms with Gasteiger partial charge in [-0.05, 0) is 19.3 Å². The van der Waals surface area contributed by atoms with Crippen molar-refractivity contribution in [3.8, 4) is 0 Å². The number of ether oxygens (including phenoxy) is 1. The molecule has 1 heterocycles. The first-order valence-electron chi connectivity index (χ1n) is 6.31. The second kappa shape index (κ2) is 4.55. The van der Waals surface area contributed by atoms with Crippen LogP contribution in [0.1, 0.15) is 39.0 Å². The van der Waals surface area contributed by atoms with E-state index in [0.29, 0.717) is 19.3 Å². The highest BCUT2D eigenvalue weighted by atomic mass is 16.7. The van der Waals surface area contributed by atoms with Gasteiger partial charge in [-0.1, -0.05) is 13.3 Å². The van der Waals surface area contributed by atoms with E-state index in [0.717, 1.165) is 12.8 Å². The first-order valence-corrected chi connectivity index (χ1v) is 6.31. The molecular formula is C12H20O5. The number of aliphatic hydroxyl groups is 3. The lowest BCUT2D eigenvalue weighted by atomic mass is 9.73. The molecule has 1 saturated heterocycles. The minimum atomic E-state index is -1.45. The lowest BCUT2D eigenvalue weighted by molar-refractivity contribution is -0.208. The summed E-state index contributed by atoms with van der Waals surface area (Å²) in [4.78, 5) is 11.7. The highest BCUT2D eigenvalue weighted by Gasteiger charge is 2.59. The van der Waals surface area contributed by atoms with Gasteiger partial charge in [0.1, 0.15) is 0 Å². The molecule has 0 aromatic rings. The van der Waals surface area contributed by atoms with Crippen molar-refractivity contribution in [1.82, 2.24) is 0 Å². The van der Waals surface area contributed by atoms with E-state index in [1.54, 1.807) is 0 Å². The maximum absolute atomic E-state index is 11.7. The molecule has 2 rings (SSSR count). The second-order valence-electron chi connectivity index (χ2n) is 5.14. The number of carbonyl (C=O) groups is 1. The van der Waals surface area contributed by atoms with E-state index in [1.165, 1.54) is 0 Å². The second-order valence-corrected chi connectivity index (χ2v) is 5.14. The van der Waals surface area contributed by atoms with Crippen LogP contribution in [0.2, 0.25) is 0 Å². The Kier molecular flexibility index (Phi) is 3.43. The summed E-state index contributed by atoms with van der Waals surface area (Å²) in [6.07, 6.45) is 0.976. The Morgan fingerprint density at radius 2 is 2.12 bits per heavy atom. The van der Waals surface area contributed by atoms with Crippen LogP contribution in [-0.4, -0.2) is 39.3 Å². The molecule has 1 aliphatic heterocycles. The molecule has 1 aliphatic carbocycles. The highest BCUT2D eigenvalue weighted by molar-refractivity contribution is 5.76. The largest absolute Gasteiger partial charge is 0.433 e. The van der Waals surface area contributed by atoms with Crippen molar-refractivity contribution in [3.05, 3.63) is 0 Å². The van der Waals surface area contributed by atoms with E-state index in [1.807, 2.05) is 6.92 Å². The van der Waals surface area contributed by atoms with Gasteiger partial charge in [0.05, 0.1) is 18.1 Å². The fraction of sp³-hybridized carbons (Fsp3) is 0.917. The lowest BCUT2D eigenvalue weighted by Crippen LogP contribution is -2.47. The number of hydrogen-bond donors (Lipinski definition) is 3. The Hall–Kier alpha value is -0.650. The van der Waals surface area contributed by atoms with Gasteiger partial charge in [-0.3, -0.25) is 4.79 Å². The van der Waals surface area contributed by atoms with Crippen molar-refractivity contribution in [2.24, 2.45) is 11.8 Å². The molecule has 5 unspecified atom stereocenters. The van der Waals surface area contributed by atoms with E-state index >= 15 is 0 Å². The summed E-state index contributed by atoms with van der Waals surface area (Å²) in [5.74, 6) is -3.20. The predicted molar refractivity (Wildman–Crippen MR) is 58.8 cm³/mol. The van der Waals surface area contributed by atoms with Crippen molar-refractivity contribution in [1.29, 1.82) is 0 Å². The third-order valence-corrected chi connectivity index (χ3v) is 3.99. The summed E-state index contributed by atoms with van der Waals surface area (Å²) in [7, 11) is 0. The normalized spacial score (nSPS) is 45.5. The number of hydrogen-bond acceptors (Lipinski definition) is 5. The standard InChI is InChI=1S/C12H20O5/c1-2-3-6-12(16)7-4-5-8(13)10(14)9(7)11(15)17-12/h7-10,13-14,16H,2-6H2,1H3. The molecule has 0 radical (unpaired) electrons. The van der Waals surface area contributed by atoms with Gasteiger partial charge >= 0.3 is 5.97 Å². The maximum atomic E-state index is 11.7. The quantitative estimate of drug-likeness (QED) is 0.616. The van der Waals surface area contributed by atoms with E-state index in [2.05, 4.69) is 0 Å². The van der Waals surface area contributed by atoms with Crippen LogP contribution in [0.25, 0.3) is 0 Å². The summed E-state index contributed by atoms with van der Waals surface area (Å²) in [5, 5.41) is 29.7. The molecule has 5 atom stereocenters. The third-order valence-electron chi connectivity index (χ3n) is 3.99. The zero-order valence-corrected chi connectivity index (χ0v) is 10.0. The van der Waals surface area contributed by atoms with E-state index in [9.17, 15) is 20.1 Å². The maximum Gasteiger partial charge on any atom is 0.314 e. The highest BCUT2D eigenvalue weighted by Crippen LogP contribution is 2.46. The van der Waals surface area contributed by atoms with Gasteiger partial charge in [0.2, 0.25) is 5.79 Å². The van der Waals surface area contributed by atoms with Gasteiger partial charge in [0, 0.05) is 12.3 Å². The summed E-state index contributed by atoms with van der Waals surface area (Å²) >= 11 is 0. The molecule has 2 fully saturated rings. The molecule has 98 valence electrons. The molecule has 0 spiro atoms. The molecule has 1 saturated carbocycles. The Bertz CT molecular complexity index is 305. The van der Waals surface area contributed by atoms with E-state index in [-0.39, 0.29) is 5.92 Å². The average Bonchev–Trinajstić information content (AvgIpc) is 2.54. The van der Waals surface area contributed by atoms with Crippen LogP contribution in [0.5, 0.6) is 0 Å². The van der Waals surface area contributed by atoms with Crippen LogP contribution >= 0.6 is 0 Å². The van der Waals surface area contributed by atoms with Gasteiger partial charge in [0.15, 0.2) is 0 Å². The van der Waals surface area contributed by atoms with Crippen molar-refractivity contribution in [3.63, 3.8) is 0 Å². The Labute approximate surface area is 100 Å². The van der Waals surface area contributed by atoms with Crippen LogP contribution < -0.4 is 0 Å². The Morgan fingerprint density at radius 1 is 1.41 bits per heavy atom. The molecular weight excluding hydrogens is 224 g/mol. The number of carbonyl (C=O) groups excluding carboxylic acids is 1. The fourth-order valence-electron chi connectivity index (χ4n) is 2.97. The topological polar surface area (TPSA) is 87.0 Å². The minimum absolute atomic E-state index is 0.389. The molecule has 0 aromatic carbocycles. The first-order chi connectivity index (χ1) is 7.99. The molecule has 0 bridgehead atoms. The van der Waals surface area contributed by atoms with Crippen LogP contribution in [0.4, 0.5) is 0 Å². The van der Waals surface area contributed by atoms with Gasteiger partial charge in [-0.2, -0.15) is 0 Å². The van der Waals surface area contributed by atoms with Crippen LogP contribution in [0.3, 0.4) is 0 Å². The van der Waals surface area contributed by atoms with Crippen molar-refractivity contribution in [2.45, 2.75) is 57.0 Å². The fourth-order valence-corrected chi connectivity index (χ4v) is 2.97. The smallest absolute Gasteiger partial charge is 0.314 e. The molecule has 2 aliphatic rings. The average molecular weight is 244 g/mol. The first kappa shape index (κ1) is 12.8. The lowest BCUT2D eigenvalue weighted by Gasteiger charge is -2.36. The zero-order valence-electron chi connectivity index (χ0n) is 10.0. The van der Waals surface area contributed by atoms with E-state index in [4.69, 9.17) is 4.74 Å². The van der Waals surface area contributed by atoms with Gasteiger partial charge < -0.3 is 20.1 Å². The number of unbranched alkanes of at least 4 members (excludes halogenated alkanes) is 1. The predicted octanol–water partition coefficient (Wildman–Crippen LogP) is 0.170. The Balaban J connectivity index is 2.16. The molecule has 3 N–H and O–H groups in total.